The molecule has 1 aromatic rings. The average molecular weight is 193 g/mol. The van der Waals surface area contributed by atoms with Crippen molar-refractivity contribution in [3.63, 3.8) is 0 Å². The summed E-state index contributed by atoms with van der Waals surface area (Å²) < 4.78 is 17.8. The largest absolute Gasteiger partial charge is 0.439 e. The van der Waals surface area contributed by atoms with Gasteiger partial charge in [0, 0.05) is 6.08 Å². The Morgan fingerprint density at radius 3 is 2.79 bits per heavy atom. The van der Waals surface area contributed by atoms with Crippen molar-refractivity contribution in [3.8, 4) is 5.75 Å². The number of rotatable bonds is 2. The van der Waals surface area contributed by atoms with Crippen LogP contribution in [0.1, 0.15) is 0 Å². The van der Waals surface area contributed by atoms with Gasteiger partial charge in [-0.05, 0) is 17.5 Å². The normalized spacial score (nSPS) is 14.6. The van der Waals surface area contributed by atoms with E-state index in [4.69, 9.17) is 4.74 Å². The average Bonchev–Trinajstić information content (AvgIpc) is 2.19. The highest BCUT2D eigenvalue weighted by molar-refractivity contribution is 5.71. The maximum atomic E-state index is 12.5. The Kier molecular flexibility index (Phi) is 2.31. The molecule has 0 unspecified atom stereocenters. The lowest BCUT2D eigenvalue weighted by Crippen LogP contribution is -2.30. The van der Waals surface area contributed by atoms with E-state index in [1.165, 1.54) is 12.3 Å². The maximum Gasteiger partial charge on any atom is 0.217 e. The summed E-state index contributed by atoms with van der Waals surface area (Å²) in [5, 5.41) is 3.38. The van der Waals surface area contributed by atoms with E-state index >= 15 is 0 Å². The number of hydrogen-bond donors (Lipinski definition) is 1. The molecule has 0 saturated heterocycles. The van der Waals surface area contributed by atoms with Crippen LogP contribution in [0.4, 0.5) is 4.48 Å². The van der Waals surface area contributed by atoms with Gasteiger partial charge in [0.2, 0.25) is 5.88 Å². The fourth-order valence-electron chi connectivity index (χ4n) is 0.989. The second-order valence-electron chi connectivity index (χ2n) is 2.58. The second kappa shape index (κ2) is 3.78. The van der Waals surface area contributed by atoms with E-state index in [9.17, 15) is 4.48 Å². The highest BCUT2D eigenvalue weighted by Gasteiger charge is 2.07. The van der Waals surface area contributed by atoms with Gasteiger partial charge in [-0.15, -0.1) is 5.10 Å². The minimum Gasteiger partial charge on any atom is -0.439 e. The van der Waals surface area contributed by atoms with Crippen molar-refractivity contribution in [1.82, 2.24) is 10.8 Å². The Bertz CT molecular complexity index is 364. The minimum atomic E-state index is 0.0816. The number of ether oxygens (including phenoxy) is 1. The Balaban J connectivity index is 2.05. The third-order valence-corrected chi connectivity index (χ3v) is 1.57. The molecule has 72 valence electrons. The molecule has 5 heteroatoms. The number of para-hydroxylation sites is 1. The van der Waals surface area contributed by atoms with Gasteiger partial charge >= 0.3 is 0 Å². The van der Waals surface area contributed by atoms with Crippen LogP contribution < -0.4 is 10.2 Å². The Labute approximate surface area is 80.2 Å². The Morgan fingerprint density at radius 1 is 1.29 bits per heavy atom. The van der Waals surface area contributed by atoms with E-state index in [0.29, 0.717) is 5.75 Å². The summed E-state index contributed by atoms with van der Waals surface area (Å²) in [6.45, 7) is 0. The predicted octanol–water partition coefficient (Wildman–Crippen LogP) is 1.60. The van der Waals surface area contributed by atoms with E-state index in [1.54, 1.807) is 12.1 Å². The van der Waals surface area contributed by atoms with Gasteiger partial charge in [-0.1, -0.05) is 22.7 Å². The number of hydrogen-bond acceptors (Lipinski definition) is 4. The zero-order valence-electron chi connectivity index (χ0n) is 7.22. The molecule has 0 aromatic heterocycles. The zero-order chi connectivity index (χ0) is 9.80. The fraction of sp³-hybridized carbons (Fsp3) is 0. The summed E-state index contributed by atoms with van der Waals surface area (Å²) in [7, 11) is 0. The Hall–Kier alpha value is -2.04. The molecule has 1 aromatic carbocycles. The van der Waals surface area contributed by atoms with E-state index in [0.717, 1.165) is 0 Å². The first-order chi connectivity index (χ1) is 6.84. The number of halogens is 1. The van der Waals surface area contributed by atoms with Crippen LogP contribution in [0.3, 0.4) is 0 Å². The molecule has 0 bridgehead atoms. The Morgan fingerprint density at radius 2 is 2.07 bits per heavy atom. The van der Waals surface area contributed by atoms with Crippen LogP contribution in [-0.2, 0) is 0 Å². The fourth-order valence-corrected chi connectivity index (χ4v) is 0.989. The molecule has 0 saturated carbocycles. The molecule has 14 heavy (non-hydrogen) atoms. The third kappa shape index (κ3) is 2.01. The van der Waals surface area contributed by atoms with Gasteiger partial charge < -0.3 is 4.74 Å². The van der Waals surface area contributed by atoms with Crippen LogP contribution in [-0.4, -0.2) is 11.6 Å². The summed E-state index contributed by atoms with van der Waals surface area (Å²) >= 11 is 0. The summed E-state index contributed by atoms with van der Waals surface area (Å²) in [5.74, 6) is 0.920. The van der Waals surface area contributed by atoms with Crippen LogP contribution in [0.5, 0.6) is 5.75 Å². The van der Waals surface area contributed by atoms with Crippen molar-refractivity contribution >= 4 is 6.21 Å². The summed E-state index contributed by atoms with van der Waals surface area (Å²) in [5.41, 5.74) is 2.27. The molecule has 1 N–H and O–H groups in total. The molecule has 0 amide bonds. The molecule has 0 aliphatic carbocycles. The minimum absolute atomic E-state index is 0.0816. The van der Waals surface area contributed by atoms with Crippen LogP contribution in [0.2, 0.25) is 0 Å². The smallest absolute Gasteiger partial charge is 0.217 e. The van der Waals surface area contributed by atoms with Crippen LogP contribution in [0, 0.1) is 0 Å². The highest BCUT2D eigenvalue weighted by Crippen LogP contribution is 2.12. The summed E-state index contributed by atoms with van der Waals surface area (Å²) in [6, 6.07) is 9.09. The molecule has 1 aliphatic rings. The second-order valence-corrected chi connectivity index (χ2v) is 2.58. The number of nitrogens with zero attached hydrogens (tertiary/aromatic N) is 2. The third-order valence-electron chi connectivity index (χ3n) is 1.57. The van der Waals surface area contributed by atoms with Crippen molar-refractivity contribution < 1.29 is 9.22 Å². The summed E-state index contributed by atoms with van der Waals surface area (Å²) in [4.78, 5) is 0. The number of nitrogens with one attached hydrogen (secondary N) is 1. The monoisotopic (exact) mass is 193 g/mol. The van der Waals surface area contributed by atoms with Crippen LogP contribution in [0.25, 0.3) is 0 Å². The number of allylic oxidation sites excluding steroid dienone is 1. The van der Waals surface area contributed by atoms with Gasteiger partial charge in [0.05, 0.1) is 6.21 Å². The van der Waals surface area contributed by atoms with Gasteiger partial charge in [0.15, 0.2) is 0 Å². The SMILES string of the molecule is FN1N=CC=C(Oc2ccccc2)N1. The lowest BCUT2D eigenvalue weighted by Gasteiger charge is -2.16. The molecule has 1 heterocycles. The predicted molar refractivity (Wildman–Crippen MR) is 49.7 cm³/mol. The van der Waals surface area contributed by atoms with Crippen molar-refractivity contribution in [2.45, 2.75) is 0 Å². The van der Waals surface area contributed by atoms with Crippen molar-refractivity contribution in [3.05, 3.63) is 42.3 Å². The number of hydrazine groups is 1. The molecule has 4 nitrogen and oxygen atoms in total. The molecular formula is C9H8FN3O. The van der Waals surface area contributed by atoms with Crippen LogP contribution in [0.15, 0.2) is 47.4 Å². The highest BCUT2D eigenvalue weighted by atomic mass is 19.2. The molecular weight excluding hydrogens is 185 g/mol. The first kappa shape index (κ1) is 8.55. The van der Waals surface area contributed by atoms with Crippen molar-refractivity contribution in [2.24, 2.45) is 5.10 Å². The first-order valence-corrected chi connectivity index (χ1v) is 4.04. The van der Waals surface area contributed by atoms with E-state index in [2.05, 4.69) is 10.5 Å². The lowest BCUT2D eigenvalue weighted by molar-refractivity contribution is -0.0314. The van der Waals surface area contributed by atoms with Gasteiger partial charge in [-0.3, -0.25) is 0 Å². The van der Waals surface area contributed by atoms with Gasteiger partial charge in [-0.2, -0.15) is 0 Å². The van der Waals surface area contributed by atoms with Gasteiger partial charge in [0.25, 0.3) is 0 Å². The van der Waals surface area contributed by atoms with Crippen LogP contribution >= 0.6 is 0 Å². The van der Waals surface area contributed by atoms with Crippen molar-refractivity contribution in [2.75, 3.05) is 0 Å². The molecule has 1 aliphatic heterocycles. The molecule has 0 atom stereocenters. The van der Waals surface area contributed by atoms with E-state index in [1.807, 2.05) is 18.2 Å². The van der Waals surface area contributed by atoms with E-state index in [-0.39, 0.29) is 11.2 Å². The maximum absolute atomic E-state index is 12.5. The standard InChI is InChI=1S/C9H8FN3O/c10-13-11-7-6-9(12-13)14-8-4-2-1-3-5-8/h1-7,12H. The van der Waals surface area contributed by atoms with Gasteiger partial charge in [-0.25, -0.2) is 5.43 Å². The number of benzene rings is 1. The molecule has 0 spiro atoms. The molecule has 0 fully saturated rings. The summed E-state index contributed by atoms with van der Waals surface area (Å²) in [6.07, 6.45) is 2.83. The van der Waals surface area contributed by atoms with Crippen molar-refractivity contribution in [1.29, 1.82) is 0 Å². The topological polar surface area (TPSA) is 36.9 Å². The van der Waals surface area contributed by atoms with Gasteiger partial charge in [0.1, 0.15) is 5.75 Å². The lowest BCUT2D eigenvalue weighted by atomic mass is 10.3. The number of hydrazone groups is 1. The quantitative estimate of drug-likeness (QED) is 0.725. The molecule has 2 rings (SSSR count). The van der Waals surface area contributed by atoms with E-state index < -0.39 is 0 Å². The molecule has 0 radical (unpaired) electrons. The first-order valence-electron chi connectivity index (χ1n) is 4.04. The zero-order valence-corrected chi connectivity index (χ0v) is 7.22.